The average molecular weight is 323 g/mol. The lowest BCUT2D eigenvalue weighted by Crippen LogP contribution is -2.26. The molecule has 7 heteroatoms. The molecule has 2 heterocycles. The molecule has 22 heavy (non-hydrogen) atoms. The zero-order valence-corrected chi connectivity index (χ0v) is 13.7. The Kier molecular flexibility index (Phi) is 6.51. The minimum Gasteiger partial charge on any atom is -0.469 e. The molecule has 0 unspecified atom stereocenters. The third-order valence-electron chi connectivity index (χ3n) is 3.17. The van der Waals surface area contributed by atoms with Crippen LogP contribution in [-0.2, 0) is 4.79 Å². The molecule has 0 bridgehead atoms. The van der Waals surface area contributed by atoms with Crippen LogP contribution < -0.4 is 5.32 Å². The first kappa shape index (κ1) is 16.6. The Morgan fingerprint density at radius 2 is 2.18 bits per heavy atom. The summed E-state index contributed by atoms with van der Waals surface area (Å²) in [6.45, 7) is 4.72. The van der Waals surface area contributed by atoms with Crippen LogP contribution in [0.5, 0.6) is 0 Å². The van der Waals surface area contributed by atoms with Gasteiger partial charge in [0.2, 0.25) is 5.91 Å². The molecule has 6 nitrogen and oxygen atoms in total. The first-order chi connectivity index (χ1) is 10.7. The maximum absolute atomic E-state index is 11.7. The van der Waals surface area contributed by atoms with Gasteiger partial charge in [0.1, 0.15) is 5.76 Å². The van der Waals surface area contributed by atoms with E-state index >= 15 is 0 Å². The van der Waals surface area contributed by atoms with Crippen LogP contribution in [0.3, 0.4) is 0 Å². The van der Waals surface area contributed by atoms with E-state index in [0.717, 1.165) is 30.7 Å². The summed E-state index contributed by atoms with van der Waals surface area (Å²) in [5, 5.41) is 11.2. The van der Waals surface area contributed by atoms with Crippen LogP contribution in [-0.4, -0.2) is 28.4 Å². The molecule has 0 aliphatic rings. The number of amides is 1. The molecule has 2 rings (SSSR count). The molecule has 0 aromatic carbocycles. The molecule has 1 amide bonds. The smallest absolute Gasteiger partial charge is 0.277 e. The van der Waals surface area contributed by atoms with Crippen LogP contribution in [0.25, 0.3) is 11.5 Å². The lowest BCUT2D eigenvalue weighted by atomic mass is 10.2. The molecule has 2 aromatic rings. The molecule has 2 aromatic heterocycles. The van der Waals surface area contributed by atoms with Crippen molar-refractivity contribution in [2.45, 2.75) is 44.8 Å². The van der Waals surface area contributed by atoms with Crippen LogP contribution in [0.2, 0.25) is 0 Å². The monoisotopic (exact) mass is 323 g/mol. The highest BCUT2D eigenvalue weighted by atomic mass is 32.2. The van der Waals surface area contributed by atoms with Crippen LogP contribution in [0.4, 0.5) is 0 Å². The third-order valence-corrected chi connectivity index (χ3v) is 3.99. The van der Waals surface area contributed by atoms with Crippen molar-refractivity contribution in [3.05, 3.63) is 18.1 Å². The van der Waals surface area contributed by atoms with Crippen LogP contribution in [0.1, 0.15) is 38.4 Å². The standard InChI is InChI=1S/C15H21N3O3S/c1-3-4-5-6-8-16-13(19)10-22-15-18-17-14(21-15)12-7-9-20-11(12)2/h7,9H,3-6,8,10H2,1-2H3,(H,16,19). The Morgan fingerprint density at radius 3 is 2.91 bits per heavy atom. The number of carbonyl (C=O) groups is 1. The van der Waals surface area contributed by atoms with Gasteiger partial charge in [-0.3, -0.25) is 4.79 Å². The zero-order chi connectivity index (χ0) is 15.8. The first-order valence-electron chi connectivity index (χ1n) is 7.48. The topological polar surface area (TPSA) is 81.2 Å². The van der Waals surface area contributed by atoms with Crippen LogP contribution in [0.15, 0.2) is 26.4 Å². The van der Waals surface area contributed by atoms with Crippen molar-refractivity contribution < 1.29 is 13.6 Å². The maximum Gasteiger partial charge on any atom is 0.277 e. The SMILES string of the molecule is CCCCCCNC(=O)CSc1nnc(-c2ccoc2C)o1. The van der Waals surface area contributed by atoms with Gasteiger partial charge in [0.25, 0.3) is 11.1 Å². The van der Waals surface area contributed by atoms with E-state index in [0.29, 0.717) is 11.1 Å². The minimum atomic E-state index is -0.0132. The van der Waals surface area contributed by atoms with Crippen LogP contribution in [0, 0.1) is 6.92 Å². The first-order valence-corrected chi connectivity index (χ1v) is 8.46. The predicted molar refractivity (Wildman–Crippen MR) is 84.6 cm³/mol. The number of thioether (sulfide) groups is 1. The maximum atomic E-state index is 11.7. The molecule has 0 radical (unpaired) electrons. The fourth-order valence-corrected chi connectivity index (χ4v) is 2.53. The highest BCUT2D eigenvalue weighted by Crippen LogP contribution is 2.26. The number of aromatic nitrogens is 2. The van der Waals surface area contributed by atoms with E-state index in [4.69, 9.17) is 8.83 Å². The average Bonchev–Trinajstić information content (AvgIpc) is 3.13. The van der Waals surface area contributed by atoms with Crippen molar-refractivity contribution in [1.82, 2.24) is 15.5 Å². The molecular formula is C15H21N3O3S. The van der Waals surface area contributed by atoms with E-state index in [-0.39, 0.29) is 11.7 Å². The van der Waals surface area contributed by atoms with Gasteiger partial charge >= 0.3 is 0 Å². The van der Waals surface area contributed by atoms with Crippen molar-refractivity contribution >= 4 is 17.7 Å². The number of hydrogen-bond acceptors (Lipinski definition) is 6. The summed E-state index contributed by atoms with van der Waals surface area (Å²) in [6.07, 6.45) is 6.16. The van der Waals surface area contributed by atoms with Gasteiger partial charge in [0.15, 0.2) is 0 Å². The third kappa shape index (κ3) is 4.91. The largest absolute Gasteiger partial charge is 0.469 e. The van der Waals surface area contributed by atoms with E-state index in [1.54, 1.807) is 12.3 Å². The summed E-state index contributed by atoms with van der Waals surface area (Å²) >= 11 is 1.24. The van der Waals surface area contributed by atoms with E-state index in [9.17, 15) is 4.79 Å². The normalized spacial score (nSPS) is 10.8. The molecule has 0 saturated heterocycles. The second kappa shape index (κ2) is 8.63. The van der Waals surface area contributed by atoms with Crippen LogP contribution >= 0.6 is 11.8 Å². The number of aryl methyl sites for hydroxylation is 1. The molecule has 0 saturated carbocycles. The van der Waals surface area contributed by atoms with Gasteiger partial charge in [-0.15, -0.1) is 10.2 Å². The van der Waals surface area contributed by atoms with Crippen molar-refractivity contribution in [2.24, 2.45) is 0 Å². The van der Waals surface area contributed by atoms with E-state index in [1.807, 2.05) is 6.92 Å². The number of rotatable bonds is 9. The van der Waals surface area contributed by atoms with Crippen molar-refractivity contribution in [3.63, 3.8) is 0 Å². The number of hydrogen-bond donors (Lipinski definition) is 1. The molecule has 0 spiro atoms. The lowest BCUT2D eigenvalue weighted by Gasteiger charge is -2.03. The highest BCUT2D eigenvalue weighted by Gasteiger charge is 2.14. The van der Waals surface area contributed by atoms with Crippen molar-refractivity contribution in [1.29, 1.82) is 0 Å². The molecular weight excluding hydrogens is 302 g/mol. The van der Waals surface area contributed by atoms with Gasteiger partial charge in [-0.25, -0.2) is 0 Å². The second-order valence-electron chi connectivity index (χ2n) is 4.96. The predicted octanol–water partition coefficient (Wildman–Crippen LogP) is 3.43. The van der Waals surface area contributed by atoms with Gasteiger partial charge in [-0.1, -0.05) is 37.9 Å². The quantitative estimate of drug-likeness (QED) is 0.562. The molecule has 0 aliphatic heterocycles. The van der Waals surface area contributed by atoms with Gasteiger partial charge < -0.3 is 14.2 Å². The van der Waals surface area contributed by atoms with Gasteiger partial charge in [-0.05, 0) is 19.4 Å². The van der Waals surface area contributed by atoms with E-state index in [2.05, 4.69) is 22.4 Å². The number of unbranched alkanes of at least 4 members (excludes halogenated alkanes) is 3. The fraction of sp³-hybridized carbons (Fsp3) is 0.533. The van der Waals surface area contributed by atoms with Gasteiger partial charge in [0, 0.05) is 6.54 Å². The van der Waals surface area contributed by atoms with Crippen molar-refractivity contribution in [3.8, 4) is 11.5 Å². The molecule has 0 aliphatic carbocycles. The minimum absolute atomic E-state index is 0.0132. The lowest BCUT2D eigenvalue weighted by molar-refractivity contribution is -0.118. The zero-order valence-electron chi connectivity index (χ0n) is 12.9. The number of furan rings is 1. The van der Waals surface area contributed by atoms with E-state index in [1.165, 1.54) is 24.6 Å². The van der Waals surface area contributed by atoms with Gasteiger partial charge in [0.05, 0.1) is 17.6 Å². The number of carbonyl (C=O) groups excluding carboxylic acids is 1. The summed E-state index contributed by atoms with van der Waals surface area (Å²) in [4.78, 5) is 11.7. The molecule has 0 atom stereocenters. The van der Waals surface area contributed by atoms with Crippen molar-refractivity contribution in [2.75, 3.05) is 12.3 Å². The molecule has 0 fully saturated rings. The highest BCUT2D eigenvalue weighted by molar-refractivity contribution is 7.99. The summed E-state index contributed by atoms with van der Waals surface area (Å²) in [6, 6.07) is 1.78. The number of nitrogens with one attached hydrogen (secondary N) is 1. The van der Waals surface area contributed by atoms with E-state index < -0.39 is 0 Å². The summed E-state index contributed by atoms with van der Waals surface area (Å²) in [5.41, 5.74) is 0.778. The Labute approximate surface area is 134 Å². The Balaban J connectivity index is 1.72. The second-order valence-corrected chi connectivity index (χ2v) is 5.89. The van der Waals surface area contributed by atoms with Gasteiger partial charge in [-0.2, -0.15) is 0 Å². The molecule has 120 valence electrons. The Bertz CT molecular complexity index is 594. The summed E-state index contributed by atoms with van der Waals surface area (Å²) < 4.78 is 10.7. The summed E-state index contributed by atoms with van der Waals surface area (Å²) in [7, 11) is 0. The fourth-order valence-electron chi connectivity index (χ4n) is 1.94. The molecule has 1 N–H and O–H groups in total. The Hall–Kier alpha value is -1.76. The Morgan fingerprint density at radius 1 is 1.32 bits per heavy atom. The number of nitrogens with zero attached hydrogens (tertiary/aromatic N) is 2. The summed E-state index contributed by atoms with van der Waals surface area (Å²) in [5.74, 6) is 1.40.